The molecule has 12 heteroatoms. The zero-order chi connectivity index (χ0) is 28.4. The Morgan fingerprint density at radius 1 is 0.775 bits per heavy atom. The van der Waals surface area contributed by atoms with Crippen LogP contribution in [0.3, 0.4) is 0 Å². The Balaban J connectivity index is 1.60. The van der Waals surface area contributed by atoms with Crippen molar-refractivity contribution in [3.8, 4) is 34.3 Å². The van der Waals surface area contributed by atoms with Gasteiger partial charge in [-0.25, -0.2) is 14.4 Å². The molecule has 208 valence electrons. The molecule has 0 saturated carbocycles. The molecule has 0 N–H and O–H groups in total. The Bertz CT molecular complexity index is 1480. The summed E-state index contributed by atoms with van der Waals surface area (Å²) in [5.74, 6) is -0.690. The number of piperazine rings is 1. The summed E-state index contributed by atoms with van der Waals surface area (Å²) >= 11 is 0. The van der Waals surface area contributed by atoms with E-state index in [-0.39, 0.29) is 17.5 Å². The smallest absolute Gasteiger partial charge is 0.451 e. The Morgan fingerprint density at radius 3 is 2.10 bits per heavy atom. The van der Waals surface area contributed by atoms with Crippen molar-refractivity contribution in [3.05, 3.63) is 71.8 Å². The number of aryl methyl sites for hydroxylation is 1. The zero-order valence-corrected chi connectivity index (χ0v) is 22.0. The van der Waals surface area contributed by atoms with Crippen LogP contribution in [0.2, 0.25) is 0 Å². The lowest BCUT2D eigenvalue weighted by Crippen LogP contribution is -2.47. The van der Waals surface area contributed by atoms with Crippen LogP contribution >= 0.6 is 0 Å². The highest BCUT2D eigenvalue weighted by Crippen LogP contribution is 2.41. The summed E-state index contributed by atoms with van der Waals surface area (Å²) in [5.41, 5.74) is 2.46. The molecule has 5 rings (SSSR count). The molecule has 3 heterocycles. The molecule has 1 aliphatic rings. The van der Waals surface area contributed by atoms with Crippen LogP contribution in [0, 0.1) is 12.7 Å². The molecule has 8 nitrogen and oxygen atoms in total. The first-order chi connectivity index (χ1) is 19.2. The third-order valence-electron chi connectivity index (χ3n) is 6.53. The highest BCUT2D eigenvalue weighted by atomic mass is 19.4. The average Bonchev–Trinajstić information content (AvgIpc) is 2.96. The topological polar surface area (TPSA) is 76.5 Å². The summed E-state index contributed by atoms with van der Waals surface area (Å²) in [5, 5.41) is 0. The number of anilines is 2. The molecule has 4 aromatic rings. The van der Waals surface area contributed by atoms with Crippen molar-refractivity contribution < 1.29 is 27.0 Å². The molecule has 0 bridgehead atoms. The molecule has 0 spiro atoms. The summed E-state index contributed by atoms with van der Waals surface area (Å²) in [6, 6.07) is 14.5. The summed E-state index contributed by atoms with van der Waals surface area (Å²) in [6.45, 7) is 3.48. The van der Waals surface area contributed by atoms with Gasteiger partial charge in [-0.3, -0.25) is 0 Å². The Labute approximate surface area is 228 Å². The number of alkyl halides is 3. The van der Waals surface area contributed by atoms with E-state index < -0.39 is 17.8 Å². The van der Waals surface area contributed by atoms with Crippen LogP contribution in [0.5, 0.6) is 11.9 Å². The third-order valence-corrected chi connectivity index (χ3v) is 6.53. The zero-order valence-electron chi connectivity index (χ0n) is 22.0. The van der Waals surface area contributed by atoms with Gasteiger partial charge in [-0.1, -0.05) is 29.8 Å². The molecule has 0 unspecified atom stereocenters. The van der Waals surface area contributed by atoms with Gasteiger partial charge in [0.05, 0.1) is 25.5 Å². The molecule has 2 aromatic heterocycles. The van der Waals surface area contributed by atoms with E-state index in [2.05, 4.69) is 19.9 Å². The van der Waals surface area contributed by atoms with Gasteiger partial charge in [0.15, 0.2) is 0 Å². The third kappa shape index (κ3) is 5.61. The minimum absolute atomic E-state index is 0.0793. The van der Waals surface area contributed by atoms with Crippen LogP contribution in [0.15, 0.2) is 54.6 Å². The minimum atomic E-state index is -4.79. The lowest BCUT2D eigenvalue weighted by molar-refractivity contribution is -0.144. The molecule has 0 radical (unpaired) electrons. The van der Waals surface area contributed by atoms with Crippen molar-refractivity contribution in [1.82, 2.24) is 19.9 Å². The van der Waals surface area contributed by atoms with Crippen molar-refractivity contribution in [3.63, 3.8) is 0 Å². The first-order valence-electron chi connectivity index (χ1n) is 12.5. The van der Waals surface area contributed by atoms with Crippen molar-refractivity contribution in [2.45, 2.75) is 13.1 Å². The summed E-state index contributed by atoms with van der Waals surface area (Å²) in [6.07, 6.45) is -4.79. The Morgan fingerprint density at radius 2 is 1.48 bits per heavy atom. The van der Waals surface area contributed by atoms with Gasteiger partial charge >= 0.3 is 12.2 Å². The van der Waals surface area contributed by atoms with E-state index in [4.69, 9.17) is 9.47 Å². The maximum atomic E-state index is 14.1. The Kier molecular flexibility index (Phi) is 7.42. The predicted octanol–water partition coefficient (Wildman–Crippen LogP) is 5.41. The quantitative estimate of drug-likeness (QED) is 0.293. The number of hydrogen-bond donors (Lipinski definition) is 0. The number of ether oxygens (including phenoxy) is 2. The van der Waals surface area contributed by atoms with E-state index in [0.717, 1.165) is 5.56 Å². The maximum Gasteiger partial charge on any atom is 0.451 e. The fourth-order valence-corrected chi connectivity index (χ4v) is 4.59. The van der Waals surface area contributed by atoms with Gasteiger partial charge in [0.25, 0.3) is 0 Å². The first-order valence-corrected chi connectivity index (χ1v) is 12.5. The number of hydrogen-bond acceptors (Lipinski definition) is 8. The lowest BCUT2D eigenvalue weighted by Gasteiger charge is -2.37. The van der Waals surface area contributed by atoms with Crippen LogP contribution < -0.4 is 19.3 Å². The van der Waals surface area contributed by atoms with E-state index in [1.807, 2.05) is 41.0 Å². The second-order valence-corrected chi connectivity index (χ2v) is 9.20. The monoisotopic (exact) mass is 554 g/mol. The standard InChI is InChI=1S/C28H26F4N6O2/c1-17-5-4-6-19(15-17)23-24(18-7-9-20(29)10-8-18)35-26(28(30,31)32)36-25(23)38-13-11-37(12-14-38)21-16-22(39-2)34-27(33-21)40-3/h4-10,15-16H,11-14H2,1-3H3. The summed E-state index contributed by atoms with van der Waals surface area (Å²) < 4.78 is 66.4. The number of rotatable bonds is 6. The normalized spacial score (nSPS) is 13.9. The second-order valence-electron chi connectivity index (χ2n) is 9.20. The highest BCUT2D eigenvalue weighted by molar-refractivity contribution is 5.89. The van der Waals surface area contributed by atoms with Gasteiger partial charge < -0.3 is 19.3 Å². The second kappa shape index (κ2) is 10.9. The number of aromatic nitrogens is 4. The van der Waals surface area contributed by atoms with Crippen molar-refractivity contribution in [2.24, 2.45) is 0 Å². The van der Waals surface area contributed by atoms with E-state index in [1.165, 1.54) is 38.5 Å². The van der Waals surface area contributed by atoms with E-state index in [9.17, 15) is 17.6 Å². The molecule has 2 aromatic carbocycles. The highest BCUT2D eigenvalue weighted by Gasteiger charge is 2.38. The van der Waals surface area contributed by atoms with Crippen LogP contribution in [-0.2, 0) is 6.18 Å². The predicted molar refractivity (Wildman–Crippen MR) is 142 cm³/mol. The summed E-state index contributed by atoms with van der Waals surface area (Å²) in [7, 11) is 2.94. The Hall–Kier alpha value is -4.48. The van der Waals surface area contributed by atoms with Crippen LogP contribution in [0.1, 0.15) is 11.4 Å². The van der Waals surface area contributed by atoms with E-state index in [1.54, 1.807) is 6.07 Å². The van der Waals surface area contributed by atoms with E-state index in [0.29, 0.717) is 54.6 Å². The van der Waals surface area contributed by atoms with Crippen molar-refractivity contribution in [1.29, 1.82) is 0 Å². The van der Waals surface area contributed by atoms with Crippen molar-refractivity contribution >= 4 is 11.6 Å². The van der Waals surface area contributed by atoms with Gasteiger partial charge in [0, 0.05) is 37.8 Å². The van der Waals surface area contributed by atoms with Gasteiger partial charge in [-0.2, -0.15) is 23.1 Å². The van der Waals surface area contributed by atoms with Gasteiger partial charge in [0.2, 0.25) is 11.7 Å². The number of benzene rings is 2. The van der Waals surface area contributed by atoms with Crippen LogP contribution in [0.25, 0.3) is 22.4 Å². The molecule has 1 aliphatic heterocycles. The molecule has 0 amide bonds. The number of nitrogens with zero attached hydrogens (tertiary/aromatic N) is 6. The average molecular weight is 555 g/mol. The molecular weight excluding hydrogens is 528 g/mol. The van der Waals surface area contributed by atoms with E-state index >= 15 is 0 Å². The summed E-state index contributed by atoms with van der Waals surface area (Å²) in [4.78, 5) is 20.3. The van der Waals surface area contributed by atoms with Crippen LogP contribution in [0.4, 0.5) is 29.2 Å². The fraction of sp³-hybridized carbons (Fsp3) is 0.286. The molecule has 1 fully saturated rings. The fourth-order valence-electron chi connectivity index (χ4n) is 4.59. The lowest BCUT2D eigenvalue weighted by atomic mass is 9.97. The number of methoxy groups -OCH3 is 2. The molecule has 1 saturated heterocycles. The molecule has 40 heavy (non-hydrogen) atoms. The van der Waals surface area contributed by atoms with Gasteiger partial charge in [-0.15, -0.1) is 0 Å². The minimum Gasteiger partial charge on any atom is -0.481 e. The largest absolute Gasteiger partial charge is 0.481 e. The van der Waals surface area contributed by atoms with Gasteiger partial charge in [-0.05, 0) is 36.8 Å². The maximum absolute atomic E-state index is 14.1. The molecule has 0 aliphatic carbocycles. The number of halogens is 4. The van der Waals surface area contributed by atoms with Crippen molar-refractivity contribution in [2.75, 3.05) is 50.2 Å². The molecular formula is C28H26F4N6O2. The SMILES string of the molecule is COc1cc(N2CCN(c3nc(C(F)(F)F)nc(-c4ccc(F)cc4)c3-c3cccc(C)c3)CC2)nc(OC)n1. The molecule has 0 atom stereocenters. The van der Waals surface area contributed by atoms with Crippen LogP contribution in [-0.4, -0.2) is 60.3 Å². The van der Waals surface area contributed by atoms with Gasteiger partial charge in [0.1, 0.15) is 17.5 Å². The first kappa shape index (κ1) is 27.1.